The normalized spacial score (nSPS) is 15.0. The number of halogens is 1. The molecule has 3 rings (SSSR count). The fraction of sp³-hybridized carbons (Fsp3) is 0.381. The number of nitrogens with zero attached hydrogens (tertiary/aromatic N) is 2. The van der Waals surface area contributed by atoms with E-state index < -0.39 is 16.0 Å². The number of sulfonamides is 1. The van der Waals surface area contributed by atoms with E-state index in [0.717, 1.165) is 39.1 Å². The topological polar surface area (TPSA) is 99.2 Å². The van der Waals surface area contributed by atoms with Crippen molar-refractivity contribution in [1.82, 2.24) is 4.90 Å². The highest BCUT2D eigenvalue weighted by Crippen LogP contribution is 2.32. The second-order valence-corrected chi connectivity index (χ2v) is 9.36. The van der Waals surface area contributed by atoms with Crippen LogP contribution in [0.1, 0.15) is 23.7 Å². The van der Waals surface area contributed by atoms with Gasteiger partial charge in [-0.05, 0) is 49.4 Å². The number of hydrogen-bond acceptors (Lipinski definition) is 6. The molecule has 168 valence electrons. The lowest BCUT2D eigenvalue weighted by molar-refractivity contribution is 0.0697. The SMILES string of the molecule is CCCN1CCN(c2ccc(C(=O)O)cc2NS(=O)(=O)c2ccc(OC)c(Cl)c2)CC1. The molecule has 1 saturated heterocycles. The van der Waals surface area contributed by atoms with E-state index in [9.17, 15) is 18.3 Å². The first kappa shape index (κ1) is 23.2. The minimum absolute atomic E-state index is 0.00108. The van der Waals surface area contributed by atoms with Crippen molar-refractivity contribution in [3.05, 3.63) is 47.0 Å². The lowest BCUT2D eigenvalue weighted by Gasteiger charge is -2.37. The highest BCUT2D eigenvalue weighted by molar-refractivity contribution is 7.92. The first-order chi connectivity index (χ1) is 14.7. The molecule has 0 radical (unpaired) electrons. The van der Waals surface area contributed by atoms with Crippen LogP contribution in [0.15, 0.2) is 41.3 Å². The molecule has 2 aromatic rings. The van der Waals surface area contributed by atoms with E-state index in [1.165, 1.54) is 37.4 Å². The summed E-state index contributed by atoms with van der Waals surface area (Å²) in [6, 6.07) is 8.64. The summed E-state index contributed by atoms with van der Waals surface area (Å²) < 4.78 is 33.7. The zero-order valence-corrected chi connectivity index (χ0v) is 19.0. The number of carboxylic acids is 1. The molecule has 1 fully saturated rings. The molecule has 0 aliphatic carbocycles. The van der Waals surface area contributed by atoms with Gasteiger partial charge in [-0.15, -0.1) is 0 Å². The lowest BCUT2D eigenvalue weighted by atomic mass is 10.1. The number of benzene rings is 2. The number of piperazine rings is 1. The van der Waals surface area contributed by atoms with Crippen molar-refractivity contribution >= 4 is 39.0 Å². The van der Waals surface area contributed by atoms with Gasteiger partial charge in [0.25, 0.3) is 10.0 Å². The zero-order chi connectivity index (χ0) is 22.6. The van der Waals surface area contributed by atoms with Gasteiger partial charge in [0.15, 0.2) is 0 Å². The van der Waals surface area contributed by atoms with Crippen molar-refractivity contribution in [2.45, 2.75) is 18.2 Å². The first-order valence-electron chi connectivity index (χ1n) is 9.96. The number of methoxy groups -OCH3 is 1. The molecular formula is C21H26ClN3O5S. The molecule has 1 aliphatic heterocycles. The average molecular weight is 468 g/mol. The third-order valence-electron chi connectivity index (χ3n) is 5.17. The van der Waals surface area contributed by atoms with Crippen LogP contribution in [0.3, 0.4) is 0 Å². The molecule has 0 bridgehead atoms. The van der Waals surface area contributed by atoms with Crippen LogP contribution in [0.4, 0.5) is 11.4 Å². The van der Waals surface area contributed by atoms with Crippen LogP contribution in [0.2, 0.25) is 5.02 Å². The van der Waals surface area contributed by atoms with Crippen molar-refractivity contribution < 1.29 is 23.1 Å². The van der Waals surface area contributed by atoms with Crippen LogP contribution >= 0.6 is 11.6 Å². The molecule has 0 spiro atoms. The number of hydrogen-bond donors (Lipinski definition) is 2. The number of nitrogens with one attached hydrogen (secondary N) is 1. The fourth-order valence-corrected chi connectivity index (χ4v) is 4.99. The Bertz CT molecular complexity index is 1050. The molecule has 1 aliphatic rings. The number of rotatable bonds is 8. The van der Waals surface area contributed by atoms with E-state index in [4.69, 9.17) is 16.3 Å². The Balaban J connectivity index is 1.92. The molecule has 1 heterocycles. The second kappa shape index (κ2) is 9.76. The van der Waals surface area contributed by atoms with Gasteiger partial charge in [-0.25, -0.2) is 13.2 Å². The maximum absolute atomic E-state index is 13.0. The molecule has 0 unspecified atom stereocenters. The fourth-order valence-electron chi connectivity index (χ4n) is 3.57. The third kappa shape index (κ3) is 5.41. The Morgan fingerprint density at radius 2 is 1.87 bits per heavy atom. The molecular weight excluding hydrogens is 442 g/mol. The standard InChI is InChI=1S/C21H26ClN3O5S/c1-3-8-24-9-11-25(12-10-24)19-6-4-15(21(26)27)13-18(19)23-31(28,29)16-5-7-20(30-2)17(22)14-16/h4-7,13-14,23H,3,8-12H2,1-2H3,(H,26,27). The van der Waals surface area contributed by atoms with E-state index in [-0.39, 0.29) is 21.2 Å². The first-order valence-corrected chi connectivity index (χ1v) is 11.8. The lowest BCUT2D eigenvalue weighted by Crippen LogP contribution is -2.46. The summed E-state index contributed by atoms with van der Waals surface area (Å²) >= 11 is 6.09. The van der Waals surface area contributed by atoms with Crippen molar-refractivity contribution in [3.8, 4) is 5.75 Å². The minimum atomic E-state index is -4.00. The zero-order valence-electron chi connectivity index (χ0n) is 17.5. The molecule has 0 amide bonds. The van der Waals surface area contributed by atoms with E-state index in [2.05, 4.69) is 21.4 Å². The van der Waals surface area contributed by atoms with Crippen LogP contribution in [-0.2, 0) is 10.0 Å². The monoisotopic (exact) mass is 467 g/mol. The van der Waals surface area contributed by atoms with Crippen molar-refractivity contribution in [2.75, 3.05) is 49.5 Å². The summed E-state index contributed by atoms with van der Waals surface area (Å²) in [5.74, 6) is -0.772. The predicted molar refractivity (Wildman–Crippen MR) is 121 cm³/mol. The Kier molecular flexibility index (Phi) is 7.30. The Labute approximate surface area is 187 Å². The molecule has 0 atom stereocenters. The summed E-state index contributed by atoms with van der Waals surface area (Å²) in [7, 11) is -2.56. The number of aromatic carboxylic acids is 1. The third-order valence-corrected chi connectivity index (χ3v) is 6.83. The second-order valence-electron chi connectivity index (χ2n) is 7.27. The molecule has 8 nitrogen and oxygen atoms in total. The smallest absolute Gasteiger partial charge is 0.335 e. The highest BCUT2D eigenvalue weighted by atomic mass is 35.5. The minimum Gasteiger partial charge on any atom is -0.495 e. The Morgan fingerprint density at radius 3 is 2.45 bits per heavy atom. The van der Waals surface area contributed by atoms with Crippen molar-refractivity contribution in [3.63, 3.8) is 0 Å². The van der Waals surface area contributed by atoms with Gasteiger partial charge in [-0.3, -0.25) is 9.62 Å². The number of anilines is 2. The number of carbonyl (C=O) groups is 1. The van der Waals surface area contributed by atoms with Crippen molar-refractivity contribution in [2.24, 2.45) is 0 Å². The average Bonchev–Trinajstić information content (AvgIpc) is 2.74. The van der Waals surface area contributed by atoms with E-state index in [0.29, 0.717) is 11.4 Å². The van der Waals surface area contributed by atoms with Gasteiger partial charge in [-0.2, -0.15) is 0 Å². The molecule has 31 heavy (non-hydrogen) atoms. The summed E-state index contributed by atoms with van der Waals surface area (Å²) in [6.07, 6.45) is 1.07. The van der Waals surface area contributed by atoms with Crippen LogP contribution in [0.5, 0.6) is 5.75 Å². The van der Waals surface area contributed by atoms with Gasteiger partial charge in [0.1, 0.15) is 5.75 Å². The van der Waals surface area contributed by atoms with E-state index in [1.54, 1.807) is 6.07 Å². The summed E-state index contributed by atoms with van der Waals surface area (Å²) in [4.78, 5) is 15.9. The molecule has 2 N–H and O–H groups in total. The molecule has 10 heteroatoms. The number of carboxylic acid groups (broad SMARTS) is 1. The van der Waals surface area contributed by atoms with Crippen LogP contribution < -0.4 is 14.4 Å². The van der Waals surface area contributed by atoms with E-state index >= 15 is 0 Å². The largest absolute Gasteiger partial charge is 0.495 e. The Morgan fingerprint density at radius 1 is 1.16 bits per heavy atom. The van der Waals surface area contributed by atoms with Gasteiger partial charge in [-0.1, -0.05) is 18.5 Å². The molecule has 0 saturated carbocycles. The predicted octanol–water partition coefficient (Wildman–Crippen LogP) is 3.38. The van der Waals surface area contributed by atoms with Gasteiger partial charge in [0.2, 0.25) is 0 Å². The van der Waals surface area contributed by atoms with Gasteiger partial charge in [0, 0.05) is 26.2 Å². The van der Waals surface area contributed by atoms with Gasteiger partial charge >= 0.3 is 5.97 Å². The van der Waals surface area contributed by atoms with Crippen molar-refractivity contribution in [1.29, 1.82) is 0 Å². The number of ether oxygens (including phenoxy) is 1. The maximum atomic E-state index is 13.0. The van der Waals surface area contributed by atoms with Crippen LogP contribution in [-0.4, -0.2) is 64.2 Å². The summed E-state index contributed by atoms with van der Waals surface area (Å²) in [5.41, 5.74) is 0.860. The summed E-state index contributed by atoms with van der Waals surface area (Å²) in [5, 5.41) is 9.55. The Hall–Kier alpha value is -2.49. The van der Waals surface area contributed by atoms with Crippen LogP contribution in [0.25, 0.3) is 0 Å². The van der Waals surface area contributed by atoms with Gasteiger partial charge < -0.3 is 14.7 Å². The molecule has 2 aromatic carbocycles. The highest BCUT2D eigenvalue weighted by Gasteiger charge is 2.23. The maximum Gasteiger partial charge on any atom is 0.335 e. The van der Waals surface area contributed by atoms with Gasteiger partial charge in [0.05, 0.1) is 34.0 Å². The summed E-state index contributed by atoms with van der Waals surface area (Å²) in [6.45, 7) is 6.30. The van der Waals surface area contributed by atoms with Crippen LogP contribution in [0, 0.1) is 0 Å². The quantitative estimate of drug-likeness (QED) is 0.613. The molecule has 0 aromatic heterocycles. The van der Waals surface area contributed by atoms with E-state index in [1.807, 2.05) is 0 Å².